The summed E-state index contributed by atoms with van der Waals surface area (Å²) in [6.07, 6.45) is 0.639. The highest BCUT2D eigenvalue weighted by Gasteiger charge is 2.32. The minimum atomic E-state index is -0.296. The molecule has 2 N–H and O–H groups in total. The molecule has 94 valence electrons. The predicted octanol–water partition coefficient (Wildman–Crippen LogP) is 1.10. The van der Waals surface area contributed by atoms with Crippen LogP contribution in [0.25, 0.3) is 0 Å². The lowest BCUT2D eigenvalue weighted by Crippen LogP contribution is -2.53. The molecular weight excluding hydrogens is 230 g/mol. The zero-order valence-corrected chi connectivity index (χ0v) is 10.4. The first-order valence-electron chi connectivity index (χ1n) is 6.09. The fourth-order valence-electron chi connectivity index (χ4n) is 2.70. The van der Waals surface area contributed by atoms with Crippen molar-refractivity contribution in [1.82, 2.24) is 5.32 Å². The molecule has 0 aliphatic carbocycles. The van der Waals surface area contributed by atoms with Crippen molar-refractivity contribution in [3.8, 4) is 0 Å². The number of nitrogens with one attached hydrogen (secondary N) is 2. The van der Waals surface area contributed by atoms with Gasteiger partial charge in [-0.1, -0.05) is 0 Å². The standard InChI is InChI=1S/C13H15N3O2/c1-7-15-13(18)10-6-11-9(3-4-14-11)5-12(10)16(7)8(2)17/h5-7,14H,3-4H2,1-2H3,(H,15,18). The summed E-state index contributed by atoms with van der Waals surface area (Å²) in [5.41, 5.74) is 3.46. The molecule has 0 saturated heterocycles. The average Bonchev–Trinajstić information content (AvgIpc) is 2.73. The first-order chi connectivity index (χ1) is 8.58. The van der Waals surface area contributed by atoms with Crippen molar-refractivity contribution in [2.75, 3.05) is 16.8 Å². The first-order valence-corrected chi connectivity index (χ1v) is 6.09. The van der Waals surface area contributed by atoms with Crippen LogP contribution in [-0.4, -0.2) is 24.5 Å². The minimum Gasteiger partial charge on any atom is -0.384 e. The van der Waals surface area contributed by atoms with Gasteiger partial charge in [-0.3, -0.25) is 14.5 Å². The van der Waals surface area contributed by atoms with Crippen LogP contribution in [0, 0.1) is 0 Å². The average molecular weight is 245 g/mol. The Hall–Kier alpha value is -2.04. The Morgan fingerprint density at radius 3 is 2.94 bits per heavy atom. The molecule has 2 aliphatic rings. The second-order valence-corrected chi connectivity index (χ2v) is 4.74. The highest BCUT2D eigenvalue weighted by Crippen LogP contribution is 2.34. The van der Waals surface area contributed by atoms with Crippen LogP contribution in [0.2, 0.25) is 0 Å². The Morgan fingerprint density at radius 2 is 2.22 bits per heavy atom. The summed E-state index contributed by atoms with van der Waals surface area (Å²) >= 11 is 0. The zero-order valence-electron chi connectivity index (χ0n) is 10.4. The third-order valence-corrected chi connectivity index (χ3v) is 3.50. The van der Waals surface area contributed by atoms with Crippen molar-refractivity contribution in [1.29, 1.82) is 0 Å². The molecule has 0 aromatic heterocycles. The highest BCUT2D eigenvalue weighted by atomic mass is 16.2. The summed E-state index contributed by atoms with van der Waals surface area (Å²) in [5.74, 6) is -0.179. The van der Waals surface area contributed by atoms with Crippen LogP contribution < -0.4 is 15.5 Å². The molecule has 1 atom stereocenters. The largest absolute Gasteiger partial charge is 0.384 e. The Bertz CT molecular complexity index is 553. The lowest BCUT2D eigenvalue weighted by molar-refractivity contribution is -0.117. The van der Waals surface area contributed by atoms with Crippen LogP contribution in [-0.2, 0) is 11.2 Å². The van der Waals surface area contributed by atoms with E-state index < -0.39 is 0 Å². The molecule has 0 spiro atoms. The van der Waals surface area contributed by atoms with Crippen molar-refractivity contribution in [2.24, 2.45) is 0 Å². The lowest BCUT2D eigenvalue weighted by atomic mass is 10.0. The molecule has 0 radical (unpaired) electrons. The van der Waals surface area contributed by atoms with Gasteiger partial charge >= 0.3 is 0 Å². The van der Waals surface area contributed by atoms with Gasteiger partial charge in [-0.2, -0.15) is 0 Å². The van der Waals surface area contributed by atoms with Crippen molar-refractivity contribution >= 4 is 23.2 Å². The fourth-order valence-corrected chi connectivity index (χ4v) is 2.70. The highest BCUT2D eigenvalue weighted by molar-refractivity contribution is 6.08. The van der Waals surface area contributed by atoms with Crippen molar-refractivity contribution in [3.05, 3.63) is 23.3 Å². The SMILES string of the molecule is CC(=O)N1c2cc3c(cc2C(=O)NC1C)NCC3. The van der Waals surface area contributed by atoms with E-state index in [0.29, 0.717) is 5.56 Å². The Balaban J connectivity index is 2.19. The third kappa shape index (κ3) is 1.47. The van der Waals surface area contributed by atoms with Crippen LogP contribution in [0.4, 0.5) is 11.4 Å². The van der Waals surface area contributed by atoms with E-state index in [2.05, 4.69) is 10.6 Å². The van der Waals surface area contributed by atoms with E-state index >= 15 is 0 Å². The monoisotopic (exact) mass is 245 g/mol. The van der Waals surface area contributed by atoms with Gasteiger partial charge in [-0.05, 0) is 31.0 Å². The van der Waals surface area contributed by atoms with E-state index in [0.717, 1.165) is 24.3 Å². The van der Waals surface area contributed by atoms with Gasteiger partial charge in [0.25, 0.3) is 5.91 Å². The van der Waals surface area contributed by atoms with Gasteiger partial charge in [0.1, 0.15) is 6.17 Å². The molecular formula is C13H15N3O2. The number of carbonyl (C=O) groups is 2. The van der Waals surface area contributed by atoms with Crippen molar-refractivity contribution in [3.63, 3.8) is 0 Å². The van der Waals surface area contributed by atoms with Crippen molar-refractivity contribution < 1.29 is 9.59 Å². The second kappa shape index (κ2) is 3.73. The molecule has 1 aromatic carbocycles. The molecule has 2 heterocycles. The number of fused-ring (bicyclic) bond motifs is 2. The molecule has 5 nitrogen and oxygen atoms in total. The van der Waals surface area contributed by atoms with E-state index in [1.165, 1.54) is 12.5 Å². The summed E-state index contributed by atoms with van der Waals surface area (Å²) in [6, 6.07) is 3.80. The molecule has 3 rings (SSSR count). The molecule has 0 saturated carbocycles. The Kier molecular flexibility index (Phi) is 2.29. The fraction of sp³-hybridized carbons (Fsp3) is 0.385. The molecule has 2 aliphatic heterocycles. The summed E-state index contributed by atoms with van der Waals surface area (Å²) in [6.45, 7) is 4.21. The Labute approximate surface area is 105 Å². The molecule has 0 fully saturated rings. The van der Waals surface area contributed by atoms with E-state index in [1.54, 1.807) is 4.90 Å². The number of nitrogens with zero attached hydrogens (tertiary/aromatic N) is 1. The van der Waals surface area contributed by atoms with Crippen LogP contribution >= 0.6 is 0 Å². The van der Waals surface area contributed by atoms with Gasteiger partial charge in [0.15, 0.2) is 0 Å². The van der Waals surface area contributed by atoms with Crippen LogP contribution in [0.15, 0.2) is 12.1 Å². The van der Waals surface area contributed by atoms with Crippen molar-refractivity contribution in [2.45, 2.75) is 26.4 Å². The first kappa shape index (κ1) is 11.1. The number of hydrogen-bond donors (Lipinski definition) is 2. The molecule has 18 heavy (non-hydrogen) atoms. The van der Waals surface area contributed by atoms with Gasteiger partial charge in [0, 0.05) is 19.2 Å². The smallest absolute Gasteiger partial charge is 0.255 e. The van der Waals surface area contributed by atoms with Gasteiger partial charge in [-0.15, -0.1) is 0 Å². The molecule has 2 amide bonds. The summed E-state index contributed by atoms with van der Waals surface area (Å²) in [7, 11) is 0. The van der Waals surface area contributed by atoms with Gasteiger partial charge < -0.3 is 10.6 Å². The maximum Gasteiger partial charge on any atom is 0.255 e. The maximum atomic E-state index is 12.0. The van der Waals surface area contributed by atoms with E-state index in [9.17, 15) is 9.59 Å². The van der Waals surface area contributed by atoms with Crippen LogP contribution in [0.5, 0.6) is 0 Å². The summed E-state index contributed by atoms with van der Waals surface area (Å²) < 4.78 is 0. The van der Waals surface area contributed by atoms with E-state index in [1.807, 2.05) is 19.1 Å². The minimum absolute atomic E-state index is 0.0605. The second-order valence-electron chi connectivity index (χ2n) is 4.74. The third-order valence-electron chi connectivity index (χ3n) is 3.50. The molecule has 1 aromatic rings. The quantitative estimate of drug-likeness (QED) is 0.719. The number of carbonyl (C=O) groups excluding carboxylic acids is 2. The zero-order chi connectivity index (χ0) is 12.9. The normalized spacial score (nSPS) is 20.9. The number of amides is 2. The number of anilines is 2. The summed E-state index contributed by atoms with van der Waals surface area (Å²) in [5, 5.41) is 6.04. The molecule has 0 bridgehead atoms. The Morgan fingerprint density at radius 1 is 1.44 bits per heavy atom. The number of rotatable bonds is 0. The molecule has 5 heteroatoms. The van der Waals surface area contributed by atoms with E-state index in [4.69, 9.17) is 0 Å². The van der Waals surface area contributed by atoms with Gasteiger partial charge in [-0.25, -0.2) is 0 Å². The molecule has 1 unspecified atom stereocenters. The maximum absolute atomic E-state index is 12.0. The topological polar surface area (TPSA) is 61.4 Å². The number of benzene rings is 1. The van der Waals surface area contributed by atoms with Crippen LogP contribution in [0.1, 0.15) is 29.8 Å². The van der Waals surface area contributed by atoms with Crippen LogP contribution in [0.3, 0.4) is 0 Å². The van der Waals surface area contributed by atoms with Gasteiger partial charge in [0.2, 0.25) is 5.91 Å². The van der Waals surface area contributed by atoms with Gasteiger partial charge in [0.05, 0.1) is 11.3 Å². The lowest BCUT2D eigenvalue weighted by Gasteiger charge is -2.35. The summed E-state index contributed by atoms with van der Waals surface area (Å²) in [4.78, 5) is 25.4. The van der Waals surface area contributed by atoms with E-state index in [-0.39, 0.29) is 18.0 Å². The predicted molar refractivity (Wildman–Crippen MR) is 68.7 cm³/mol. The number of hydrogen-bond acceptors (Lipinski definition) is 3.